The predicted molar refractivity (Wildman–Crippen MR) is 74.9 cm³/mol. The van der Waals surface area contributed by atoms with E-state index in [2.05, 4.69) is 0 Å². The number of benzene rings is 2. The molecule has 0 heterocycles. The maximum atomic E-state index is 13.0. The van der Waals surface area contributed by atoms with Gasteiger partial charge in [-0.3, -0.25) is 4.79 Å². The number of ketones is 1. The quantitative estimate of drug-likeness (QED) is 0.799. The Balaban J connectivity index is 1.89. The lowest BCUT2D eigenvalue weighted by Gasteiger charge is -2.03. The molecule has 1 nitrogen and oxygen atoms in total. The van der Waals surface area contributed by atoms with Crippen molar-refractivity contribution in [3.63, 3.8) is 0 Å². The first kappa shape index (κ1) is 13.8. The number of aryl methyl sites for hydroxylation is 1. The van der Waals surface area contributed by atoms with Gasteiger partial charge in [0.05, 0.1) is 5.02 Å². The van der Waals surface area contributed by atoms with E-state index in [9.17, 15) is 9.18 Å². The number of Topliss-reactive ketones (excluding diaryl/α,β-unsaturated/α-hetero) is 1. The van der Waals surface area contributed by atoms with Gasteiger partial charge in [-0.15, -0.1) is 0 Å². The summed E-state index contributed by atoms with van der Waals surface area (Å²) in [5.41, 5.74) is 1.90. The van der Waals surface area contributed by atoms with Gasteiger partial charge in [-0.1, -0.05) is 48.0 Å². The topological polar surface area (TPSA) is 17.1 Å². The third kappa shape index (κ3) is 4.18. The van der Waals surface area contributed by atoms with Crippen LogP contribution in [0.5, 0.6) is 0 Å². The number of carbonyl (C=O) groups excluding carboxylic acids is 1. The lowest BCUT2D eigenvalue weighted by atomic mass is 10.0. The molecule has 0 N–H and O–H groups in total. The summed E-state index contributed by atoms with van der Waals surface area (Å²) in [6.07, 6.45) is 1.51. The minimum atomic E-state index is -0.456. The van der Waals surface area contributed by atoms with E-state index in [0.29, 0.717) is 12.8 Å². The Labute approximate surface area is 117 Å². The van der Waals surface area contributed by atoms with Gasteiger partial charge in [0.25, 0.3) is 0 Å². The summed E-state index contributed by atoms with van der Waals surface area (Å²) < 4.78 is 13.0. The molecular weight excluding hydrogens is 263 g/mol. The summed E-state index contributed by atoms with van der Waals surface area (Å²) in [6.45, 7) is 0. The number of rotatable bonds is 5. The van der Waals surface area contributed by atoms with E-state index in [4.69, 9.17) is 11.6 Å². The van der Waals surface area contributed by atoms with Gasteiger partial charge >= 0.3 is 0 Å². The van der Waals surface area contributed by atoms with E-state index in [1.165, 1.54) is 12.1 Å². The zero-order valence-corrected chi connectivity index (χ0v) is 11.2. The maximum absolute atomic E-state index is 13.0. The van der Waals surface area contributed by atoms with E-state index < -0.39 is 5.82 Å². The summed E-state index contributed by atoms with van der Waals surface area (Å²) in [6, 6.07) is 14.3. The highest BCUT2D eigenvalue weighted by atomic mass is 35.5. The molecule has 0 aromatic heterocycles. The standard InChI is InChI=1S/C16H14ClFO/c17-15-11-13(7-9-16(15)18)10-14(19)8-6-12-4-2-1-3-5-12/h1-5,7,9,11H,6,8,10H2. The van der Waals surface area contributed by atoms with Crippen molar-refractivity contribution in [3.8, 4) is 0 Å². The van der Waals surface area contributed by atoms with Crippen molar-refractivity contribution < 1.29 is 9.18 Å². The fourth-order valence-corrected chi connectivity index (χ4v) is 2.10. The Bertz CT molecular complexity index is 566. The predicted octanol–water partition coefficient (Wildman–Crippen LogP) is 4.22. The fourth-order valence-electron chi connectivity index (χ4n) is 1.89. The molecule has 0 radical (unpaired) electrons. The number of halogens is 2. The Morgan fingerprint density at radius 1 is 1.05 bits per heavy atom. The van der Waals surface area contributed by atoms with E-state index in [-0.39, 0.29) is 10.8 Å². The highest BCUT2D eigenvalue weighted by Gasteiger charge is 2.07. The first-order valence-corrected chi connectivity index (χ1v) is 6.52. The van der Waals surface area contributed by atoms with Crippen LogP contribution in [0.2, 0.25) is 5.02 Å². The normalized spacial score (nSPS) is 10.4. The van der Waals surface area contributed by atoms with Gasteiger partial charge in [0.2, 0.25) is 0 Å². The van der Waals surface area contributed by atoms with Crippen LogP contribution in [0.1, 0.15) is 17.5 Å². The molecule has 0 amide bonds. The van der Waals surface area contributed by atoms with Crippen LogP contribution < -0.4 is 0 Å². The average Bonchev–Trinajstić information content (AvgIpc) is 2.42. The van der Waals surface area contributed by atoms with Crippen molar-refractivity contribution in [1.29, 1.82) is 0 Å². The zero-order valence-electron chi connectivity index (χ0n) is 10.4. The molecule has 2 rings (SSSR count). The zero-order chi connectivity index (χ0) is 13.7. The molecule has 0 aliphatic carbocycles. The van der Waals surface area contributed by atoms with E-state index in [0.717, 1.165) is 17.5 Å². The van der Waals surface area contributed by atoms with Crippen molar-refractivity contribution >= 4 is 17.4 Å². The molecule has 3 heteroatoms. The molecule has 0 saturated carbocycles. The third-order valence-electron chi connectivity index (χ3n) is 2.92. The van der Waals surface area contributed by atoms with Crippen LogP contribution in [0.4, 0.5) is 4.39 Å². The molecule has 0 bridgehead atoms. The second kappa shape index (κ2) is 6.48. The van der Waals surface area contributed by atoms with Gasteiger partial charge < -0.3 is 0 Å². The van der Waals surface area contributed by atoms with Crippen LogP contribution in [0.25, 0.3) is 0 Å². The van der Waals surface area contributed by atoms with E-state index in [1.54, 1.807) is 6.07 Å². The second-order valence-electron chi connectivity index (χ2n) is 4.45. The monoisotopic (exact) mass is 276 g/mol. The summed E-state index contributed by atoms with van der Waals surface area (Å²) in [5, 5.41) is 0.0633. The first-order valence-electron chi connectivity index (χ1n) is 6.15. The summed E-state index contributed by atoms with van der Waals surface area (Å²) in [5.74, 6) is -0.325. The summed E-state index contributed by atoms with van der Waals surface area (Å²) in [4.78, 5) is 11.8. The highest BCUT2D eigenvalue weighted by molar-refractivity contribution is 6.30. The van der Waals surface area contributed by atoms with E-state index >= 15 is 0 Å². The van der Waals surface area contributed by atoms with Gasteiger partial charge in [-0.25, -0.2) is 4.39 Å². The lowest BCUT2D eigenvalue weighted by Crippen LogP contribution is -2.04. The highest BCUT2D eigenvalue weighted by Crippen LogP contribution is 2.17. The van der Waals surface area contributed by atoms with Gasteiger partial charge in [-0.2, -0.15) is 0 Å². The van der Waals surface area contributed by atoms with Gasteiger partial charge in [0.1, 0.15) is 11.6 Å². The van der Waals surface area contributed by atoms with E-state index in [1.807, 2.05) is 30.3 Å². The molecule has 0 saturated heterocycles. The fraction of sp³-hybridized carbons (Fsp3) is 0.188. The number of hydrogen-bond donors (Lipinski definition) is 0. The molecule has 0 fully saturated rings. The average molecular weight is 277 g/mol. The molecule has 2 aromatic rings. The van der Waals surface area contributed by atoms with Crippen LogP contribution >= 0.6 is 11.6 Å². The van der Waals surface area contributed by atoms with Crippen molar-refractivity contribution in [2.75, 3.05) is 0 Å². The van der Waals surface area contributed by atoms with Crippen LogP contribution in [0.15, 0.2) is 48.5 Å². The molecule has 19 heavy (non-hydrogen) atoms. The molecular formula is C16H14ClFO. The SMILES string of the molecule is O=C(CCc1ccccc1)Cc1ccc(F)c(Cl)c1. The Morgan fingerprint density at radius 3 is 2.47 bits per heavy atom. The number of carbonyl (C=O) groups is 1. The largest absolute Gasteiger partial charge is 0.299 e. The minimum absolute atomic E-state index is 0.0633. The molecule has 0 aliphatic rings. The molecule has 98 valence electrons. The van der Waals surface area contributed by atoms with Crippen molar-refractivity contribution in [2.45, 2.75) is 19.3 Å². The first-order chi connectivity index (χ1) is 9.15. The maximum Gasteiger partial charge on any atom is 0.141 e. The molecule has 0 spiro atoms. The molecule has 2 aromatic carbocycles. The second-order valence-corrected chi connectivity index (χ2v) is 4.86. The van der Waals surface area contributed by atoms with Gasteiger partial charge in [0, 0.05) is 12.8 Å². The minimum Gasteiger partial charge on any atom is -0.299 e. The Morgan fingerprint density at radius 2 is 1.79 bits per heavy atom. The molecule has 0 atom stereocenters. The third-order valence-corrected chi connectivity index (χ3v) is 3.21. The number of hydrogen-bond acceptors (Lipinski definition) is 1. The molecule has 0 unspecified atom stereocenters. The summed E-state index contributed by atoms with van der Waals surface area (Å²) >= 11 is 5.68. The van der Waals surface area contributed by atoms with Crippen LogP contribution in [-0.4, -0.2) is 5.78 Å². The van der Waals surface area contributed by atoms with Crippen molar-refractivity contribution in [1.82, 2.24) is 0 Å². The van der Waals surface area contributed by atoms with Gasteiger partial charge in [-0.05, 0) is 29.7 Å². The Kier molecular flexibility index (Phi) is 4.69. The van der Waals surface area contributed by atoms with Crippen LogP contribution in [0.3, 0.4) is 0 Å². The van der Waals surface area contributed by atoms with Crippen molar-refractivity contribution in [3.05, 3.63) is 70.5 Å². The lowest BCUT2D eigenvalue weighted by molar-refractivity contribution is -0.118. The van der Waals surface area contributed by atoms with Gasteiger partial charge in [0.15, 0.2) is 0 Å². The molecule has 0 aliphatic heterocycles. The Hall–Kier alpha value is -1.67. The van der Waals surface area contributed by atoms with Crippen LogP contribution in [0, 0.1) is 5.82 Å². The smallest absolute Gasteiger partial charge is 0.141 e. The van der Waals surface area contributed by atoms with Crippen LogP contribution in [-0.2, 0) is 17.6 Å². The van der Waals surface area contributed by atoms with Crippen molar-refractivity contribution in [2.24, 2.45) is 0 Å². The summed E-state index contributed by atoms with van der Waals surface area (Å²) in [7, 11) is 0.